The molecule has 3 aromatic rings. The van der Waals surface area contributed by atoms with Crippen LogP contribution in [0.5, 0.6) is 0 Å². The van der Waals surface area contributed by atoms with E-state index in [0.717, 1.165) is 37.9 Å². The third-order valence-electron chi connectivity index (χ3n) is 4.06. The Morgan fingerprint density at radius 1 is 1.19 bits per heavy atom. The Morgan fingerprint density at radius 3 is 2.81 bits per heavy atom. The average molecular weight is 428 g/mol. The van der Waals surface area contributed by atoms with Gasteiger partial charge in [-0.1, -0.05) is 12.1 Å². The maximum absolute atomic E-state index is 13.7. The summed E-state index contributed by atoms with van der Waals surface area (Å²) in [6, 6.07) is 12.7. The van der Waals surface area contributed by atoms with Gasteiger partial charge >= 0.3 is 0 Å². The van der Waals surface area contributed by atoms with E-state index < -0.39 is 0 Å². The highest BCUT2D eigenvalue weighted by Gasteiger charge is 2.21. The van der Waals surface area contributed by atoms with Crippen molar-refractivity contribution in [1.29, 1.82) is 0 Å². The summed E-state index contributed by atoms with van der Waals surface area (Å²) in [6.07, 6.45) is 3.92. The second-order valence-electron chi connectivity index (χ2n) is 5.91. The fraction of sp³-hybridized carbons (Fsp3) is 0.100. The van der Waals surface area contributed by atoms with Crippen LogP contribution in [0.3, 0.4) is 0 Å². The van der Waals surface area contributed by atoms with Crippen molar-refractivity contribution >= 4 is 50.6 Å². The topological polar surface area (TPSA) is 28.5 Å². The number of nitrogens with zero attached hydrogens (tertiary/aromatic N) is 3. The quantitative estimate of drug-likeness (QED) is 0.503. The molecule has 0 aliphatic carbocycles. The number of aryl methyl sites for hydroxylation is 1. The number of amidine groups is 1. The predicted octanol–water partition coefficient (Wildman–Crippen LogP) is 6.12. The monoisotopic (exact) mass is 427 g/mol. The summed E-state index contributed by atoms with van der Waals surface area (Å²) < 4.78 is 14.6. The molecule has 4 rings (SSSR count). The van der Waals surface area contributed by atoms with Crippen molar-refractivity contribution in [2.45, 2.75) is 13.5 Å². The van der Waals surface area contributed by atoms with Gasteiger partial charge in [-0.2, -0.15) is 0 Å². The van der Waals surface area contributed by atoms with E-state index in [2.05, 4.69) is 25.8 Å². The Morgan fingerprint density at radius 2 is 2.04 bits per heavy atom. The molecule has 2 heterocycles. The van der Waals surface area contributed by atoms with Crippen LogP contribution >= 0.6 is 27.3 Å². The lowest BCUT2D eigenvalue weighted by Crippen LogP contribution is -2.31. The molecule has 2 aromatic carbocycles. The normalized spacial score (nSPS) is 13.8. The molecule has 1 aliphatic rings. The molecule has 0 amide bonds. The Labute approximate surface area is 163 Å². The molecular formula is C20H15BrFN3S. The zero-order valence-electron chi connectivity index (χ0n) is 14.0. The molecule has 1 aromatic heterocycles. The van der Waals surface area contributed by atoms with E-state index in [0.29, 0.717) is 6.54 Å². The number of para-hydroxylation sites is 1. The highest BCUT2D eigenvalue weighted by atomic mass is 79.9. The lowest BCUT2D eigenvalue weighted by Gasteiger charge is -2.30. The van der Waals surface area contributed by atoms with Crippen LogP contribution < -0.4 is 4.90 Å². The molecule has 0 saturated heterocycles. The number of aliphatic imine (C=N–C) groups is 1. The molecule has 130 valence electrons. The van der Waals surface area contributed by atoms with Crippen LogP contribution in [0.25, 0.3) is 6.08 Å². The number of hydrogen-bond donors (Lipinski definition) is 0. The smallest absolute Gasteiger partial charge is 0.134 e. The zero-order chi connectivity index (χ0) is 18.1. The van der Waals surface area contributed by atoms with Crippen molar-refractivity contribution in [3.63, 3.8) is 0 Å². The van der Waals surface area contributed by atoms with Crippen LogP contribution in [0.15, 0.2) is 63.4 Å². The second-order valence-corrected chi connectivity index (χ2v) is 7.82. The molecule has 0 unspecified atom stereocenters. The Hall–Kier alpha value is -2.31. The number of thiazole rings is 1. The van der Waals surface area contributed by atoms with Crippen LogP contribution in [0.1, 0.15) is 16.3 Å². The molecule has 0 N–H and O–H groups in total. The largest absolute Gasteiger partial charge is 0.321 e. The summed E-state index contributed by atoms with van der Waals surface area (Å²) in [4.78, 5) is 11.3. The molecule has 0 atom stereocenters. The maximum Gasteiger partial charge on any atom is 0.134 e. The van der Waals surface area contributed by atoms with E-state index in [1.54, 1.807) is 23.5 Å². The van der Waals surface area contributed by atoms with Gasteiger partial charge in [-0.15, -0.1) is 11.3 Å². The molecule has 0 bridgehead atoms. The first-order chi connectivity index (χ1) is 12.6. The van der Waals surface area contributed by atoms with Gasteiger partial charge in [0.25, 0.3) is 0 Å². The van der Waals surface area contributed by atoms with E-state index in [4.69, 9.17) is 4.99 Å². The van der Waals surface area contributed by atoms with E-state index in [1.807, 2.05) is 48.7 Å². The molecule has 6 heteroatoms. The van der Waals surface area contributed by atoms with Gasteiger partial charge in [0.05, 0.1) is 28.6 Å². The van der Waals surface area contributed by atoms with Gasteiger partial charge in [0.15, 0.2) is 0 Å². The summed E-state index contributed by atoms with van der Waals surface area (Å²) in [5.74, 6) is 0.546. The highest BCUT2D eigenvalue weighted by Crippen LogP contribution is 2.34. The van der Waals surface area contributed by atoms with Gasteiger partial charge < -0.3 is 4.90 Å². The maximum atomic E-state index is 13.7. The fourth-order valence-electron chi connectivity index (χ4n) is 2.85. The summed E-state index contributed by atoms with van der Waals surface area (Å²) >= 11 is 5.22. The summed E-state index contributed by atoms with van der Waals surface area (Å²) in [5, 5.41) is 3.04. The van der Waals surface area contributed by atoms with Crippen molar-refractivity contribution < 1.29 is 4.39 Å². The third-order valence-corrected chi connectivity index (χ3v) is 5.53. The molecule has 0 fully saturated rings. The fourth-order valence-corrected chi connectivity index (χ4v) is 3.93. The van der Waals surface area contributed by atoms with Crippen LogP contribution in [-0.2, 0) is 6.54 Å². The summed E-state index contributed by atoms with van der Waals surface area (Å²) in [6.45, 7) is 2.54. The van der Waals surface area contributed by atoms with Gasteiger partial charge in [0.2, 0.25) is 0 Å². The standard InChI is InChI=1S/C20H15BrFN3S/c1-13-23-16(12-26-13)7-9-20-24-18-8-6-15(22)10-14(18)11-25(20)19-5-3-2-4-17(19)21/h2-10,12H,11H2,1H3. The predicted molar refractivity (Wildman–Crippen MR) is 110 cm³/mol. The van der Waals surface area contributed by atoms with Gasteiger partial charge in [-0.3, -0.25) is 0 Å². The minimum absolute atomic E-state index is 0.247. The molecule has 0 spiro atoms. The van der Waals surface area contributed by atoms with Crippen molar-refractivity contribution in [1.82, 2.24) is 4.98 Å². The van der Waals surface area contributed by atoms with Gasteiger partial charge in [0, 0.05) is 15.4 Å². The van der Waals surface area contributed by atoms with E-state index in [-0.39, 0.29) is 5.82 Å². The van der Waals surface area contributed by atoms with Crippen molar-refractivity contribution in [3.8, 4) is 0 Å². The number of rotatable bonds is 3. The summed E-state index contributed by atoms with van der Waals surface area (Å²) in [5.41, 5.74) is 3.55. The molecule has 0 radical (unpaired) electrons. The van der Waals surface area contributed by atoms with Crippen LogP contribution in [0.2, 0.25) is 0 Å². The van der Waals surface area contributed by atoms with Gasteiger partial charge in [0.1, 0.15) is 11.7 Å². The number of hydrogen-bond acceptors (Lipinski definition) is 4. The SMILES string of the molecule is Cc1nc(C=CC2=Nc3ccc(F)cc3CN2c2ccccc2Br)cs1. The lowest BCUT2D eigenvalue weighted by molar-refractivity contribution is 0.625. The molecular weight excluding hydrogens is 413 g/mol. The molecule has 0 saturated carbocycles. The minimum Gasteiger partial charge on any atom is -0.321 e. The van der Waals surface area contributed by atoms with Crippen LogP contribution in [-0.4, -0.2) is 10.8 Å². The highest BCUT2D eigenvalue weighted by molar-refractivity contribution is 9.10. The van der Waals surface area contributed by atoms with E-state index in [1.165, 1.54) is 6.07 Å². The zero-order valence-corrected chi connectivity index (χ0v) is 16.4. The number of benzene rings is 2. The first-order valence-electron chi connectivity index (χ1n) is 8.09. The van der Waals surface area contributed by atoms with Crippen molar-refractivity contribution in [3.05, 3.63) is 80.5 Å². The first-order valence-corrected chi connectivity index (χ1v) is 9.77. The van der Waals surface area contributed by atoms with E-state index in [9.17, 15) is 4.39 Å². The molecule has 26 heavy (non-hydrogen) atoms. The third kappa shape index (κ3) is 3.48. The Balaban J connectivity index is 1.78. The van der Waals surface area contributed by atoms with Crippen molar-refractivity contribution in [2.24, 2.45) is 4.99 Å². The van der Waals surface area contributed by atoms with E-state index >= 15 is 0 Å². The number of fused-ring (bicyclic) bond motifs is 1. The first kappa shape index (κ1) is 17.1. The minimum atomic E-state index is -0.247. The van der Waals surface area contributed by atoms with Crippen LogP contribution in [0.4, 0.5) is 15.8 Å². The van der Waals surface area contributed by atoms with Crippen LogP contribution in [0, 0.1) is 12.7 Å². The molecule has 3 nitrogen and oxygen atoms in total. The average Bonchev–Trinajstić information content (AvgIpc) is 3.05. The van der Waals surface area contributed by atoms with Gasteiger partial charge in [-0.25, -0.2) is 14.4 Å². The Kier molecular flexibility index (Phi) is 4.70. The van der Waals surface area contributed by atoms with Gasteiger partial charge in [-0.05, 0) is 65.3 Å². The van der Waals surface area contributed by atoms with Crippen molar-refractivity contribution in [2.75, 3.05) is 4.90 Å². The summed E-state index contributed by atoms with van der Waals surface area (Å²) in [7, 11) is 0. The second kappa shape index (κ2) is 7.13. The number of aromatic nitrogens is 1. The number of halogens is 2. The number of anilines is 1. The lowest BCUT2D eigenvalue weighted by atomic mass is 10.1. The molecule has 1 aliphatic heterocycles. The Bertz CT molecular complexity index is 1030.